The molecule has 0 bridgehead atoms. The van der Waals surface area contributed by atoms with Gasteiger partial charge in [-0.25, -0.2) is 0 Å². The summed E-state index contributed by atoms with van der Waals surface area (Å²) in [5, 5.41) is 0. The lowest BCUT2D eigenvalue weighted by Gasteiger charge is -2.41. The first-order valence-corrected chi connectivity index (χ1v) is 7.82. The van der Waals surface area contributed by atoms with Gasteiger partial charge in [0.05, 0.1) is 0 Å². The van der Waals surface area contributed by atoms with Crippen LogP contribution in [-0.2, 0) is 4.74 Å². The molecule has 1 heterocycles. The number of ether oxygens (including phenoxy) is 1. The van der Waals surface area contributed by atoms with Crippen LogP contribution in [0, 0.1) is 23.2 Å². The quantitative estimate of drug-likeness (QED) is 0.816. The molecule has 0 spiro atoms. The summed E-state index contributed by atoms with van der Waals surface area (Å²) in [6.07, 6.45) is 7.82. The number of hydrogen-bond donors (Lipinski definition) is 1. The van der Waals surface area contributed by atoms with Crippen molar-refractivity contribution in [2.24, 2.45) is 28.9 Å². The minimum Gasteiger partial charge on any atom is -0.381 e. The number of nitrogens with two attached hydrogens (primary N) is 1. The SMILES string of the molecule is CC(C)(C)C1CCC(C(N)C2CCOCC2)CC1. The van der Waals surface area contributed by atoms with Crippen molar-refractivity contribution in [3.05, 3.63) is 0 Å². The van der Waals surface area contributed by atoms with E-state index < -0.39 is 0 Å². The van der Waals surface area contributed by atoms with Crippen molar-refractivity contribution < 1.29 is 4.74 Å². The normalized spacial score (nSPS) is 33.3. The van der Waals surface area contributed by atoms with Crippen LogP contribution in [0.15, 0.2) is 0 Å². The maximum Gasteiger partial charge on any atom is 0.0469 e. The molecule has 2 fully saturated rings. The lowest BCUT2D eigenvalue weighted by molar-refractivity contribution is 0.0422. The fourth-order valence-corrected chi connectivity index (χ4v) is 3.86. The van der Waals surface area contributed by atoms with Crippen LogP contribution < -0.4 is 5.73 Å². The molecule has 2 heteroatoms. The van der Waals surface area contributed by atoms with E-state index >= 15 is 0 Å². The fraction of sp³-hybridized carbons (Fsp3) is 1.00. The van der Waals surface area contributed by atoms with Gasteiger partial charge in [-0.15, -0.1) is 0 Å². The Balaban J connectivity index is 1.81. The van der Waals surface area contributed by atoms with Gasteiger partial charge in [0.25, 0.3) is 0 Å². The van der Waals surface area contributed by atoms with Crippen LogP contribution in [0.2, 0.25) is 0 Å². The van der Waals surface area contributed by atoms with E-state index in [9.17, 15) is 0 Å². The molecule has 2 rings (SSSR count). The van der Waals surface area contributed by atoms with Gasteiger partial charge in [-0.05, 0) is 61.7 Å². The number of rotatable bonds is 2. The van der Waals surface area contributed by atoms with Gasteiger partial charge < -0.3 is 10.5 Å². The topological polar surface area (TPSA) is 35.2 Å². The molecular formula is C16H31NO. The predicted molar refractivity (Wildman–Crippen MR) is 76.4 cm³/mol. The minimum atomic E-state index is 0.426. The Bertz CT molecular complexity index is 244. The van der Waals surface area contributed by atoms with E-state index in [1.807, 2.05) is 0 Å². The van der Waals surface area contributed by atoms with Crippen LogP contribution >= 0.6 is 0 Å². The molecule has 0 aromatic carbocycles. The summed E-state index contributed by atoms with van der Waals surface area (Å²) in [6.45, 7) is 9.01. The number of hydrogen-bond acceptors (Lipinski definition) is 2. The monoisotopic (exact) mass is 253 g/mol. The maximum absolute atomic E-state index is 6.52. The summed E-state index contributed by atoms with van der Waals surface area (Å²) in [4.78, 5) is 0. The molecule has 1 saturated heterocycles. The molecule has 2 nitrogen and oxygen atoms in total. The van der Waals surface area contributed by atoms with E-state index in [1.165, 1.54) is 38.5 Å². The van der Waals surface area contributed by atoms with Crippen molar-refractivity contribution in [1.82, 2.24) is 0 Å². The molecule has 1 atom stereocenters. The van der Waals surface area contributed by atoms with Crippen molar-refractivity contribution >= 4 is 0 Å². The van der Waals surface area contributed by atoms with Gasteiger partial charge in [0.1, 0.15) is 0 Å². The molecule has 106 valence electrons. The summed E-state index contributed by atoms with van der Waals surface area (Å²) < 4.78 is 5.44. The second-order valence-electron chi connectivity index (χ2n) is 7.50. The average molecular weight is 253 g/mol. The molecule has 0 aromatic heterocycles. The molecule has 2 N–H and O–H groups in total. The molecule has 0 aromatic rings. The summed E-state index contributed by atoms with van der Waals surface area (Å²) in [6, 6.07) is 0.426. The Morgan fingerprint density at radius 1 is 0.889 bits per heavy atom. The van der Waals surface area contributed by atoms with Crippen molar-refractivity contribution in [3.8, 4) is 0 Å². The zero-order chi connectivity index (χ0) is 13.2. The highest BCUT2D eigenvalue weighted by Crippen LogP contribution is 2.41. The van der Waals surface area contributed by atoms with Gasteiger partial charge in [0.15, 0.2) is 0 Å². The standard InChI is InChI=1S/C16H31NO/c1-16(2,3)14-6-4-12(5-7-14)15(17)13-8-10-18-11-9-13/h12-15H,4-11,17H2,1-3H3. The van der Waals surface area contributed by atoms with Gasteiger partial charge in [0, 0.05) is 19.3 Å². The highest BCUT2D eigenvalue weighted by atomic mass is 16.5. The van der Waals surface area contributed by atoms with Crippen LogP contribution in [-0.4, -0.2) is 19.3 Å². The minimum absolute atomic E-state index is 0.426. The second-order valence-corrected chi connectivity index (χ2v) is 7.50. The summed E-state index contributed by atoms with van der Waals surface area (Å²) in [5.74, 6) is 2.39. The van der Waals surface area contributed by atoms with Crippen LogP contribution in [0.1, 0.15) is 59.3 Å². The van der Waals surface area contributed by atoms with E-state index in [1.54, 1.807) is 0 Å². The molecule has 0 radical (unpaired) electrons. The van der Waals surface area contributed by atoms with Crippen molar-refractivity contribution in [1.29, 1.82) is 0 Å². The zero-order valence-electron chi connectivity index (χ0n) is 12.5. The Kier molecular flexibility index (Phi) is 4.71. The Morgan fingerprint density at radius 3 is 1.89 bits per heavy atom. The Hall–Kier alpha value is -0.0800. The van der Waals surface area contributed by atoms with Crippen LogP contribution in [0.3, 0.4) is 0 Å². The first-order chi connectivity index (χ1) is 8.48. The second kappa shape index (κ2) is 5.92. The molecule has 1 aliphatic heterocycles. The highest BCUT2D eigenvalue weighted by molar-refractivity contribution is 4.87. The molecule has 1 saturated carbocycles. The van der Waals surface area contributed by atoms with Crippen molar-refractivity contribution in [2.45, 2.75) is 65.3 Å². The highest BCUT2D eigenvalue weighted by Gasteiger charge is 2.34. The molecule has 1 unspecified atom stereocenters. The van der Waals surface area contributed by atoms with Gasteiger partial charge in [-0.3, -0.25) is 0 Å². The zero-order valence-corrected chi connectivity index (χ0v) is 12.5. The first-order valence-electron chi connectivity index (χ1n) is 7.82. The van der Waals surface area contributed by atoms with Crippen LogP contribution in [0.25, 0.3) is 0 Å². The van der Waals surface area contributed by atoms with Crippen LogP contribution in [0.4, 0.5) is 0 Å². The third-order valence-corrected chi connectivity index (χ3v) is 5.35. The van der Waals surface area contributed by atoms with Crippen molar-refractivity contribution in [3.63, 3.8) is 0 Å². The summed E-state index contributed by atoms with van der Waals surface area (Å²) >= 11 is 0. The Labute approximate surface area is 113 Å². The van der Waals surface area contributed by atoms with E-state index in [4.69, 9.17) is 10.5 Å². The van der Waals surface area contributed by atoms with Crippen molar-refractivity contribution in [2.75, 3.05) is 13.2 Å². The third-order valence-electron chi connectivity index (χ3n) is 5.35. The fourth-order valence-electron chi connectivity index (χ4n) is 3.86. The maximum atomic E-state index is 6.52. The van der Waals surface area contributed by atoms with E-state index in [0.717, 1.165) is 31.0 Å². The van der Waals surface area contributed by atoms with Crippen LogP contribution in [0.5, 0.6) is 0 Å². The predicted octanol–water partition coefficient (Wildman–Crippen LogP) is 3.59. The lowest BCUT2D eigenvalue weighted by atomic mass is 9.67. The first kappa shape index (κ1) is 14.3. The largest absolute Gasteiger partial charge is 0.381 e. The average Bonchev–Trinajstić information content (AvgIpc) is 2.38. The molecular weight excluding hydrogens is 222 g/mol. The van der Waals surface area contributed by atoms with Gasteiger partial charge >= 0.3 is 0 Å². The molecule has 18 heavy (non-hydrogen) atoms. The van der Waals surface area contributed by atoms with Gasteiger partial charge in [-0.1, -0.05) is 20.8 Å². The summed E-state index contributed by atoms with van der Waals surface area (Å²) in [5.41, 5.74) is 7.00. The smallest absolute Gasteiger partial charge is 0.0469 e. The molecule has 0 amide bonds. The molecule has 2 aliphatic rings. The van der Waals surface area contributed by atoms with E-state index in [-0.39, 0.29) is 0 Å². The van der Waals surface area contributed by atoms with E-state index in [0.29, 0.717) is 11.5 Å². The third kappa shape index (κ3) is 3.48. The Morgan fingerprint density at radius 2 is 1.39 bits per heavy atom. The summed E-state index contributed by atoms with van der Waals surface area (Å²) in [7, 11) is 0. The lowest BCUT2D eigenvalue weighted by Crippen LogP contribution is -2.42. The van der Waals surface area contributed by atoms with E-state index in [2.05, 4.69) is 20.8 Å². The van der Waals surface area contributed by atoms with Gasteiger partial charge in [-0.2, -0.15) is 0 Å². The molecule has 1 aliphatic carbocycles. The van der Waals surface area contributed by atoms with Gasteiger partial charge in [0.2, 0.25) is 0 Å².